The van der Waals surface area contributed by atoms with Crippen LogP contribution < -0.4 is 11.3 Å². The Morgan fingerprint density at radius 2 is 0.857 bits per heavy atom. The van der Waals surface area contributed by atoms with Gasteiger partial charge in [-0.3, -0.25) is 11.3 Å². The Labute approximate surface area is 179 Å². The zero-order valence-corrected chi connectivity index (χ0v) is 20.5. The highest BCUT2D eigenvalue weighted by molar-refractivity contribution is 5.03. The monoisotopic (exact) mass is 396 g/mol. The first-order valence-electron chi connectivity index (χ1n) is 13.1. The zero-order valence-electron chi connectivity index (χ0n) is 20.5. The third-order valence-electron chi connectivity index (χ3n) is 7.11. The van der Waals surface area contributed by atoms with Crippen molar-refractivity contribution < 1.29 is 0 Å². The lowest BCUT2D eigenvalue weighted by atomic mass is 9.58. The summed E-state index contributed by atoms with van der Waals surface area (Å²) in [7, 11) is 0. The van der Waals surface area contributed by atoms with Crippen LogP contribution in [0.3, 0.4) is 0 Å². The average Bonchev–Trinajstić information content (AvgIpc) is 2.69. The van der Waals surface area contributed by atoms with Gasteiger partial charge in [0.15, 0.2) is 0 Å². The molecule has 2 nitrogen and oxygen atoms in total. The van der Waals surface area contributed by atoms with Crippen LogP contribution in [0.25, 0.3) is 0 Å². The van der Waals surface area contributed by atoms with Gasteiger partial charge < -0.3 is 0 Å². The first-order valence-corrected chi connectivity index (χ1v) is 13.1. The summed E-state index contributed by atoms with van der Waals surface area (Å²) in [6, 6.07) is 0. The molecule has 0 saturated carbocycles. The number of nitrogens with two attached hydrogens (primary N) is 1. The molecule has 0 aliphatic rings. The van der Waals surface area contributed by atoms with E-state index in [1.165, 1.54) is 122 Å². The van der Waals surface area contributed by atoms with Gasteiger partial charge in [0.2, 0.25) is 0 Å². The molecular weight excluding hydrogens is 340 g/mol. The van der Waals surface area contributed by atoms with E-state index >= 15 is 0 Å². The van der Waals surface area contributed by atoms with E-state index in [-0.39, 0.29) is 5.54 Å². The Morgan fingerprint density at radius 1 is 0.464 bits per heavy atom. The minimum absolute atomic E-state index is 0.127. The number of unbranched alkanes of at least 4 members (excludes halogenated alkanes) is 9. The molecule has 0 saturated heterocycles. The molecule has 0 amide bonds. The SMILES string of the molecule is CCCCCCCCCCCCC(CCC)(CCC)C(CCC)(CCC)NN. The molecule has 0 aromatic carbocycles. The quantitative estimate of drug-likeness (QED) is 0.116. The summed E-state index contributed by atoms with van der Waals surface area (Å²) in [5, 5.41) is 0. The van der Waals surface area contributed by atoms with E-state index in [4.69, 9.17) is 5.84 Å². The van der Waals surface area contributed by atoms with Crippen molar-refractivity contribution >= 4 is 0 Å². The van der Waals surface area contributed by atoms with Crippen LogP contribution in [0.5, 0.6) is 0 Å². The van der Waals surface area contributed by atoms with Crippen LogP contribution in [-0.4, -0.2) is 5.54 Å². The van der Waals surface area contributed by atoms with Gasteiger partial charge in [0.1, 0.15) is 0 Å². The van der Waals surface area contributed by atoms with Gasteiger partial charge in [-0.2, -0.15) is 0 Å². The Hall–Kier alpha value is -0.0800. The zero-order chi connectivity index (χ0) is 21.1. The van der Waals surface area contributed by atoms with Crippen LogP contribution in [0.2, 0.25) is 0 Å². The molecule has 0 aromatic heterocycles. The Kier molecular flexibility index (Phi) is 17.7. The summed E-state index contributed by atoms with van der Waals surface area (Å²) in [6.07, 6.45) is 25.6. The minimum atomic E-state index is 0.127. The van der Waals surface area contributed by atoms with Crippen molar-refractivity contribution in [1.29, 1.82) is 0 Å². The number of hydrogen-bond donors (Lipinski definition) is 2. The molecule has 3 N–H and O–H groups in total. The molecule has 0 bridgehead atoms. The lowest BCUT2D eigenvalue weighted by Crippen LogP contribution is -2.61. The smallest absolute Gasteiger partial charge is 0.0377 e. The van der Waals surface area contributed by atoms with E-state index in [9.17, 15) is 0 Å². The fourth-order valence-corrected chi connectivity index (χ4v) is 5.81. The van der Waals surface area contributed by atoms with E-state index in [1.807, 2.05) is 0 Å². The minimum Gasteiger partial charge on any atom is -0.271 e. The molecule has 0 atom stereocenters. The lowest BCUT2D eigenvalue weighted by Gasteiger charge is -2.52. The molecule has 0 heterocycles. The number of hydrogen-bond acceptors (Lipinski definition) is 2. The van der Waals surface area contributed by atoms with Crippen molar-refractivity contribution in [3.05, 3.63) is 0 Å². The Balaban J connectivity index is 4.70. The van der Waals surface area contributed by atoms with E-state index in [0.29, 0.717) is 5.41 Å². The summed E-state index contributed by atoms with van der Waals surface area (Å²) in [4.78, 5) is 0. The van der Waals surface area contributed by atoms with Crippen molar-refractivity contribution in [3.8, 4) is 0 Å². The maximum Gasteiger partial charge on any atom is 0.0377 e. The predicted octanol–water partition coefficient (Wildman–Crippen LogP) is 8.69. The molecule has 0 aliphatic heterocycles. The molecular formula is C26H56N2. The molecule has 0 aromatic rings. The molecule has 0 unspecified atom stereocenters. The van der Waals surface area contributed by atoms with Crippen molar-refractivity contribution in [2.75, 3.05) is 0 Å². The number of hydrazine groups is 1. The molecule has 0 radical (unpaired) electrons. The highest BCUT2D eigenvalue weighted by Gasteiger charge is 2.47. The van der Waals surface area contributed by atoms with Gasteiger partial charge in [-0.15, -0.1) is 0 Å². The fourth-order valence-electron chi connectivity index (χ4n) is 5.81. The molecule has 170 valence electrons. The van der Waals surface area contributed by atoms with Crippen LogP contribution in [-0.2, 0) is 0 Å². The number of rotatable bonds is 21. The maximum absolute atomic E-state index is 6.30. The van der Waals surface area contributed by atoms with Crippen molar-refractivity contribution in [3.63, 3.8) is 0 Å². The Bertz CT molecular complexity index is 314. The van der Waals surface area contributed by atoms with Gasteiger partial charge in [0.25, 0.3) is 0 Å². The van der Waals surface area contributed by atoms with Gasteiger partial charge in [-0.25, -0.2) is 0 Å². The van der Waals surface area contributed by atoms with Crippen molar-refractivity contribution in [1.82, 2.24) is 5.43 Å². The van der Waals surface area contributed by atoms with Crippen LogP contribution in [0.4, 0.5) is 0 Å². The fraction of sp³-hybridized carbons (Fsp3) is 1.00. The molecule has 2 heteroatoms. The molecule has 0 fully saturated rings. The third-order valence-corrected chi connectivity index (χ3v) is 7.11. The summed E-state index contributed by atoms with van der Waals surface area (Å²) in [5.41, 5.74) is 3.91. The van der Waals surface area contributed by atoms with Crippen LogP contribution in [0.15, 0.2) is 0 Å². The van der Waals surface area contributed by atoms with Gasteiger partial charge in [-0.1, -0.05) is 125 Å². The van der Waals surface area contributed by atoms with E-state index in [1.54, 1.807) is 0 Å². The lowest BCUT2D eigenvalue weighted by molar-refractivity contribution is 0.0272. The molecule has 0 spiro atoms. The van der Waals surface area contributed by atoms with Crippen LogP contribution >= 0.6 is 0 Å². The molecule has 0 aliphatic carbocycles. The summed E-state index contributed by atoms with van der Waals surface area (Å²) >= 11 is 0. The molecule has 28 heavy (non-hydrogen) atoms. The average molecular weight is 397 g/mol. The van der Waals surface area contributed by atoms with Gasteiger partial charge in [-0.05, 0) is 37.5 Å². The maximum atomic E-state index is 6.30. The normalized spacial score (nSPS) is 12.6. The predicted molar refractivity (Wildman–Crippen MR) is 129 cm³/mol. The molecule has 0 rings (SSSR count). The van der Waals surface area contributed by atoms with E-state index in [0.717, 1.165) is 0 Å². The highest BCUT2D eigenvalue weighted by Crippen LogP contribution is 2.49. The Morgan fingerprint density at radius 3 is 1.21 bits per heavy atom. The third kappa shape index (κ3) is 9.61. The van der Waals surface area contributed by atoms with Crippen molar-refractivity contribution in [2.45, 2.75) is 162 Å². The summed E-state index contributed by atoms with van der Waals surface area (Å²) in [6.45, 7) is 11.7. The number of nitrogens with one attached hydrogen (secondary N) is 1. The second-order valence-corrected chi connectivity index (χ2v) is 9.44. The van der Waals surface area contributed by atoms with Crippen molar-refractivity contribution in [2.24, 2.45) is 11.3 Å². The summed E-state index contributed by atoms with van der Waals surface area (Å²) in [5.74, 6) is 6.30. The summed E-state index contributed by atoms with van der Waals surface area (Å²) < 4.78 is 0. The second-order valence-electron chi connectivity index (χ2n) is 9.44. The van der Waals surface area contributed by atoms with E-state index < -0.39 is 0 Å². The largest absolute Gasteiger partial charge is 0.271 e. The van der Waals surface area contributed by atoms with Gasteiger partial charge >= 0.3 is 0 Å². The standard InChI is InChI=1S/C26H56N2/c1-6-11-12-13-14-15-16-17-18-19-24-25(20-7-2,21-8-3)26(28-27,22-9-4)23-10-5/h28H,6-24,27H2,1-5H3. The second kappa shape index (κ2) is 17.8. The van der Waals surface area contributed by atoms with Gasteiger partial charge in [0, 0.05) is 5.54 Å². The van der Waals surface area contributed by atoms with Gasteiger partial charge in [0.05, 0.1) is 0 Å². The topological polar surface area (TPSA) is 38.0 Å². The van der Waals surface area contributed by atoms with E-state index in [2.05, 4.69) is 40.0 Å². The first-order chi connectivity index (χ1) is 13.6. The van der Waals surface area contributed by atoms with Crippen LogP contribution in [0, 0.1) is 5.41 Å². The first kappa shape index (κ1) is 27.9. The highest BCUT2D eigenvalue weighted by atomic mass is 15.3. The van der Waals surface area contributed by atoms with Crippen LogP contribution in [0.1, 0.15) is 157 Å².